The van der Waals surface area contributed by atoms with E-state index in [1.54, 1.807) is 6.92 Å². The third-order valence-corrected chi connectivity index (χ3v) is 5.72. The Hall–Kier alpha value is -1.06. The molecule has 4 unspecified atom stereocenters. The fourth-order valence-corrected chi connectivity index (χ4v) is 4.30. The molecule has 0 bridgehead atoms. The summed E-state index contributed by atoms with van der Waals surface area (Å²) in [6, 6.07) is -0.180. The topological polar surface area (TPSA) is 66.4 Å². The Morgan fingerprint density at radius 2 is 1.74 bits per heavy atom. The largest absolute Gasteiger partial charge is 0.481 e. The second-order valence-corrected chi connectivity index (χ2v) is 6.81. The Bertz CT molecular complexity index is 396. The molecule has 0 spiro atoms. The summed E-state index contributed by atoms with van der Waals surface area (Å²) in [7, 11) is 0. The fourth-order valence-electron chi connectivity index (χ4n) is 4.30. The van der Waals surface area contributed by atoms with Gasteiger partial charge in [0, 0.05) is 12.0 Å². The highest BCUT2D eigenvalue weighted by Gasteiger charge is 2.56. The summed E-state index contributed by atoms with van der Waals surface area (Å²) in [6.07, 6.45) is 7.24. The Kier molecular flexibility index (Phi) is 3.06. The van der Waals surface area contributed by atoms with E-state index < -0.39 is 11.4 Å². The molecule has 3 rings (SSSR count). The molecule has 4 atom stereocenters. The van der Waals surface area contributed by atoms with Crippen molar-refractivity contribution in [2.24, 2.45) is 23.2 Å². The number of carboxylic acid groups (broad SMARTS) is 1. The minimum Gasteiger partial charge on any atom is -0.481 e. The summed E-state index contributed by atoms with van der Waals surface area (Å²) in [5, 5.41) is 12.4. The van der Waals surface area contributed by atoms with Crippen LogP contribution in [-0.4, -0.2) is 23.0 Å². The first-order valence-corrected chi connectivity index (χ1v) is 7.58. The number of carbonyl (C=O) groups excluding carboxylic acids is 1. The molecule has 4 nitrogen and oxygen atoms in total. The van der Waals surface area contributed by atoms with Crippen molar-refractivity contribution in [3.8, 4) is 0 Å². The molecule has 0 radical (unpaired) electrons. The second-order valence-electron chi connectivity index (χ2n) is 6.81. The van der Waals surface area contributed by atoms with E-state index in [1.807, 2.05) is 0 Å². The van der Waals surface area contributed by atoms with Gasteiger partial charge in [0.2, 0.25) is 5.91 Å². The molecule has 0 saturated heterocycles. The van der Waals surface area contributed by atoms with Crippen molar-refractivity contribution in [2.45, 2.75) is 57.9 Å². The van der Waals surface area contributed by atoms with E-state index >= 15 is 0 Å². The van der Waals surface area contributed by atoms with Crippen molar-refractivity contribution in [3.63, 3.8) is 0 Å². The normalized spacial score (nSPS) is 44.5. The average Bonchev–Trinajstić information content (AvgIpc) is 3.00. The van der Waals surface area contributed by atoms with Crippen molar-refractivity contribution in [2.75, 3.05) is 0 Å². The van der Waals surface area contributed by atoms with Crippen molar-refractivity contribution < 1.29 is 14.7 Å². The van der Waals surface area contributed by atoms with Crippen molar-refractivity contribution in [1.82, 2.24) is 5.32 Å². The van der Waals surface area contributed by atoms with Crippen LogP contribution in [0.1, 0.15) is 51.9 Å². The lowest BCUT2D eigenvalue weighted by molar-refractivity contribution is -0.149. The third-order valence-electron chi connectivity index (χ3n) is 5.72. The van der Waals surface area contributed by atoms with Crippen molar-refractivity contribution >= 4 is 11.9 Å². The van der Waals surface area contributed by atoms with Gasteiger partial charge in [-0.1, -0.05) is 19.3 Å². The van der Waals surface area contributed by atoms with Gasteiger partial charge in [-0.2, -0.15) is 0 Å². The molecule has 19 heavy (non-hydrogen) atoms. The zero-order chi connectivity index (χ0) is 13.6. The second kappa shape index (κ2) is 4.50. The van der Waals surface area contributed by atoms with Crippen LogP contribution in [0.3, 0.4) is 0 Å². The van der Waals surface area contributed by atoms with Crippen LogP contribution < -0.4 is 5.32 Å². The van der Waals surface area contributed by atoms with Crippen LogP contribution >= 0.6 is 0 Å². The quantitative estimate of drug-likeness (QED) is 0.822. The Morgan fingerprint density at radius 1 is 1.11 bits per heavy atom. The lowest BCUT2D eigenvalue weighted by atomic mass is 9.85. The van der Waals surface area contributed by atoms with Gasteiger partial charge >= 0.3 is 5.97 Å². The summed E-state index contributed by atoms with van der Waals surface area (Å²) < 4.78 is 0. The summed E-state index contributed by atoms with van der Waals surface area (Å²) in [6.45, 7) is 1.77. The highest BCUT2D eigenvalue weighted by Crippen LogP contribution is 2.55. The van der Waals surface area contributed by atoms with E-state index in [0.29, 0.717) is 18.3 Å². The summed E-state index contributed by atoms with van der Waals surface area (Å²) in [4.78, 5) is 23.7. The molecule has 0 heterocycles. The van der Waals surface area contributed by atoms with Gasteiger partial charge in [-0.25, -0.2) is 0 Å². The minimum absolute atomic E-state index is 0.122. The molecule has 3 saturated carbocycles. The highest BCUT2D eigenvalue weighted by atomic mass is 16.4. The van der Waals surface area contributed by atoms with E-state index in [2.05, 4.69) is 5.32 Å². The van der Waals surface area contributed by atoms with Crippen LogP contribution in [0.25, 0.3) is 0 Å². The van der Waals surface area contributed by atoms with E-state index in [9.17, 15) is 14.7 Å². The van der Waals surface area contributed by atoms with Gasteiger partial charge in [0.15, 0.2) is 0 Å². The number of fused-ring (bicyclic) bond motifs is 1. The molecule has 3 aliphatic rings. The number of rotatable bonds is 3. The predicted molar refractivity (Wildman–Crippen MR) is 70.5 cm³/mol. The molecule has 2 N–H and O–H groups in total. The Balaban J connectivity index is 1.62. The maximum absolute atomic E-state index is 12.3. The average molecular weight is 265 g/mol. The molecule has 0 aliphatic heterocycles. The minimum atomic E-state index is -0.775. The van der Waals surface area contributed by atoms with Gasteiger partial charge in [-0.15, -0.1) is 0 Å². The summed E-state index contributed by atoms with van der Waals surface area (Å²) in [5.41, 5.74) is -0.768. The predicted octanol–water partition coefficient (Wildman–Crippen LogP) is 2.18. The molecular weight excluding hydrogens is 242 g/mol. The van der Waals surface area contributed by atoms with Crippen LogP contribution in [0, 0.1) is 23.2 Å². The molecule has 3 aliphatic carbocycles. The molecular formula is C15H23NO3. The smallest absolute Gasteiger partial charge is 0.311 e. The monoisotopic (exact) mass is 265 g/mol. The van der Waals surface area contributed by atoms with Gasteiger partial charge in [0.25, 0.3) is 0 Å². The van der Waals surface area contributed by atoms with E-state index in [0.717, 1.165) is 12.8 Å². The first-order chi connectivity index (χ1) is 9.04. The summed E-state index contributed by atoms with van der Waals surface area (Å²) in [5.74, 6) is 0.707. The summed E-state index contributed by atoms with van der Waals surface area (Å²) >= 11 is 0. The van der Waals surface area contributed by atoms with Crippen LogP contribution in [-0.2, 0) is 9.59 Å². The first-order valence-electron chi connectivity index (χ1n) is 7.58. The highest BCUT2D eigenvalue weighted by molar-refractivity contribution is 5.84. The lowest BCUT2D eigenvalue weighted by Crippen LogP contribution is -2.47. The maximum Gasteiger partial charge on any atom is 0.311 e. The molecule has 0 aromatic rings. The van der Waals surface area contributed by atoms with Gasteiger partial charge in [0.1, 0.15) is 0 Å². The van der Waals surface area contributed by atoms with Crippen LogP contribution in [0.15, 0.2) is 0 Å². The number of carbonyl (C=O) groups is 2. The van der Waals surface area contributed by atoms with Crippen LogP contribution in [0.2, 0.25) is 0 Å². The van der Waals surface area contributed by atoms with E-state index in [-0.39, 0.29) is 17.9 Å². The SMILES string of the molecule is CC1(C(=O)O)CCCC1NC(=O)C1C2CCCCC21. The molecule has 0 aromatic heterocycles. The maximum atomic E-state index is 12.3. The molecule has 0 aromatic carbocycles. The van der Waals surface area contributed by atoms with Gasteiger partial charge in [-0.05, 0) is 44.4 Å². The zero-order valence-electron chi connectivity index (χ0n) is 11.5. The number of aliphatic carboxylic acids is 1. The standard InChI is InChI=1S/C15H23NO3/c1-15(14(18)19)8-4-7-11(15)16-13(17)12-9-5-2-3-6-10(9)12/h9-12H,2-8H2,1H3,(H,16,17)(H,18,19). The van der Waals surface area contributed by atoms with Gasteiger partial charge < -0.3 is 10.4 Å². The zero-order valence-corrected chi connectivity index (χ0v) is 11.5. The lowest BCUT2D eigenvalue weighted by Gasteiger charge is -2.27. The number of hydrogen-bond acceptors (Lipinski definition) is 2. The Labute approximate surface area is 113 Å². The van der Waals surface area contributed by atoms with Gasteiger partial charge in [-0.3, -0.25) is 9.59 Å². The number of hydrogen-bond donors (Lipinski definition) is 2. The van der Waals surface area contributed by atoms with Crippen LogP contribution in [0.4, 0.5) is 0 Å². The van der Waals surface area contributed by atoms with Crippen LogP contribution in [0.5, 0.6) is 0 Å². The van der Waals surface area contributed by atoms with Crippen molar-refractivity contribution in [3.05, 3.63) is 0 Å². The fraction of sp³-hybridized carbons (Fsp3) is 0.867. The van der Waals surface area contributed by atoms with E-state index in [4.69, 9.17) is 0 Å². The van der Waals surface area contributed by atoms with E-state index in [1.165, 1.54) is 25.7 Å². The number of nitrogens with one attached hydrogen (secondary N) is 1. The molecule has 4 heteroatoms. The van der Waals surface area contributed by atoms with Gasteiger partial charge in [0.05, 0.1) is 5.41 Å². The third kappa shape index (κ3) is 2.05. The molecule has 1 amide bonds. The number of carboxylic acids is 1. The number of amides is 1. The van der Waals surface area contributed by atoms with Crippen molar-refractivity contribution in [1.29, 1.82) is 0 Å². The molecule has 3 fully saturated rings. The first kappa shape index (κ1) is 12.9. The Morgan fingerprint density at radius 3 is 2.32 bits per heavy atom. The molecule has 106 valence electrons.